The predicted octanol–water partition coefficient (Wildman–Crippen LogP) is 3.77. The molecular weight excluding hydrogens is 348 g/mol. The van der Waals surface area contributed by atoms with Crippen molar-refractivity contribution in [1.29, 1.82) is 0 Å². The Morgan fingerprint density at radius 3 is 2.59 bits per heavy atom. The van der Waals surface area contributed by atoms with Gasteiger partial charge in [-0.2, -0.15) is 5.06 Å². The van der Waals surface area contributed by atoms with E-state index >= 15 is 0 Å². The second-order valence-electron chi connectivity index (χ2n) is 9.17. The smallest absolute Gasteiger partial charge is 0.360 e. The number of nitrogens with zero attached hydrogens (tertiary/aromatic N) is 2. The maximum Gasteiger partial charge on any atom is 0.360 e. The molecule has 27 heavy (non-hydrogen) atoms. The van der Waals surface area contributed by atoms with Gasteiger partial charge in [-0.05, 0) is 81.0 Å². The zero-order valence-electron chi connectivity index (χ0n) is 15.6. The van der Waals surface area contributed by atoms with Crippen LogP contribution >= 0.6 is 0 Å². The van der Waals surface area contributed by atoms with Crippen LogP contribution in [-0.2, 0) is 9.47 Å². The molecule has 1 aromatic rings. The second-order valence-corrected chi connectivity index (χ2v) is 9.17. The molecule has 2 heterocycles. The summed E-state index contributed by atoms with van der Waals surface area (Å²) in [5, 5.41) is 14.8. The second kappa shape index (κ2) is 6.78. The van der Waals surface area contributed by atoms with Crippen molar-refractivity contribution in [1.82, 2.24) is 5.16 Å². The first-order valence-corrected chi connectivity index (χ1v) is 10.3. The molecule has 1 N–H and O–H groups in total. The van der Waals surface area contributed by atoms with Crippen molar-refractivity contribution < 1.29 is 24.0 Å². The fraction of sp³-hybridized carbons (Fsp3) is 0.800. The largest absolute Gasteiger partial charge is 0.461 e. The van der Waals surface area contributed by atoms with Crippen molar-refractivity contribution in [2.24, 2.45) is 23.2 Å². The molecule has 7 heteroatoms. The summed E-state index contributed by atoms with van der Waals surface area (Å²) in [7, 11) is 0. The van der Waals surface area contributed by atoms with E-state index in [1.165, 1.54) is 44.6 Å². The Morgan fingerprint density at radius 2 is 1.96 bits per heavy atom. The molecule has 1 aromatic heterocycles. The van der Waals surface area contributed by atoms with Crippen LogP contribution in [0.25, 0.3) is 0 Å². The lowest BCUT2D eigenvalue weighted by Crippen LogP contribution is -2.46. The molecule has 0 amide bonds. The minimum atomic E-state index is -0.490. The van der Waals surface area contributed by atoms with E-state index in [0.717, 1.165) is 35.7 Å². The molecule has 1 aliphatic heterocycles. The zero-order valence-corrected chi connectivity index (χ0v) is 15.6. The maximum atomic E-state index is 12.3. The molecule has 1 saturated heterocycles. The summed E-state index contributed by atoms with van der Waals surface area (Å²) >= 11 is 0. The number of hydrogen-bond donors (Lipinski definition) is 1. The van der Waals surface area contributed by atoms with Crippen LogP contribution in [0.15, 0.2) is 10.6 Å². The van der Waals surface area contributed by atoms with Crippen LogP contribution in [0.5, 0.6) is 0 Å². The highest BCUT2D eigenvalue weighted by Gasteiger charge is 2.50. The molecule has 0 radical (unpaired) electrons. The third-order valence-corrected chi connectivity index (χ3v) is 7.14. The van der Waals surface area contributed by atoms with Gasteiger partial charge in [-0.25, -0.2) is 4.79 Å². The van der Waals surface area contributed by atoms with Gasteiger partial charge < -0.3 is 14.0 Å². The van der Waals surface area contributed by atoms with Crippen molar-refractivity contribution in [3.8, 4) is 0 Å². The lowest BCUT2D eigenvalue weighted by molar-refractivity contribution is -0.0653. The summed E-state index contributed by atoms with van der Waals surface area (Å²) in [6.45, 7) is 1.04. The maximum absolute atomic E-state index is 12.3. The van der Waals surface area contributed by atoms with Crippen LogP contribution in [0.3, 0.4) is 0 Å². The quantitative estimate of drug-likeness (QED) is 0.597. The number of carbonyl (C=O) groups excluding carboxylic acids is 1. The highest BCUT2D eigenvalue weighted by atomic mass is 16.6. The van der Waals surface area contributed by atoms with Crippen molar-refractivity contribution in [3.63, 3.8) is 0 Å². The molecular formula is C20H28N2O5. The first-order chi connectivity index (χ1) is 13.1. The SMILES string of the molecule is O=C(OCCC12CC3CC(CC(C3)C1)C2)c1cc(N(O)C2CCCO2)on1. The number of aromatic nitrogens is 1. The number of esters is 1. The van der Waals surface area contributed by atoms with Gasteiger partial charge in [-0.3, -0.25) is 5.21 Å². The third kappa shape index (κ3) is 3.36. The van der Waals surface area contributed by atoms with E-state index in [9.17, 15) is 10.0 Å². The van der Waals surface area contributed by atoms with Gasteiger partial charge in [0.05, 0.1) is 6.61 Å². The summed E-state index contributed by atoms with van der Waals surface area (Å²) in [5.41, 5.74) is 0.485. The van der Waals surface area contributed by atoms with E-state index in [-0.39, 0.29) is 11.6 Å². The topological polar surface area (TPSA) is 85.0 Å². The highest BCUT2D eigenvalue weighted by molar-refractivity contribution is 5.87. The van der Waals surface area contributed by atoms with Crippen LogP contribution in [0.1, 0.15) is 68.3 Å². The molecule has 1 atom stereocenters. The highest BCUT2D eigenvalue weighted by Crippen LogP contribution is 2.61. The lowest BCUT2D eigenvalue weighted by Gasteiger charge is -2.57. The third-order valence-electron chi connectivity index (χ3n) is 7.14. The fourth-order valence-corrected chi connectivity index (χ4v) is 6.40. The van der Waals surface area contributed by atoms with Gasteiger partial charge in [0.25, 0.3) is 5.88 Å². The summed E-state index contributed by atoms with van der Waals surface area (Å²) in [4.78, 5) is 12.3. The number of ether oxygens (including phenoxy) is 2. The summed E-state index contributed by atoms with van der Waals surface area (Å²) in [6.07, 6.45) is 10.3. The van der Waals surface area contributed by atoms with E-state index in [1.807, 2.05) is 0 Å². The average molecular weight is 376 g/mol. The standard InChI is InChI=1S/C20H28N2O5/c23-19(16-9-18(27-21-16)22(24)17-2-1-4-25-17)26-5-3-20-10-13-6-14(11-20)8-15(7-13)12-20/h9,13-15,17,24H,1-8,10-12H2. The molecule has 5 fully saturated rings. The Hall–Kier alpha value is -1.60. The fourth-order valence-electron chi connectivity index (χ4n) is 6.40. The van der Waals surface area contributed by atoms with Gasteiger partial charge in [0.2, 0.25) is 0 Å². The van der Waals surface area contributed by atoms with Crippen molar-refractivity contribution in [2.45, 2.75) is 64.0 Å². The molecule has 1 unspecified atom stereocenters. The number of hydroxylamine groups is 1. The Labute approximate surface area is 158 Å². The van der Waals surface area contributed by atoms with E-state index in [0.29, 0.717) is 25.0 Å². The first kappa shape index (κ1) is 17.5. The summed E-state index contributed by atoms with van der Waals surface area (Å²) in [6, 6.07) is 1.41. The molecule has 6 rings (SSSR count). The van der Waals surface area contributed by atoms with Gasteiger partial charge in [-0.15, -0.1) is 0 Å². The molecule has 4 saturated carbocycles. The number of anilines is 1. The van der Waals surface area contributed by atoms with Gasteiger partial charge in [0.1, 0.15) is 0 Å². The molecule has 4 bridgehead atoms. The minimum Gasteiger partial charge on any atom is -0.461 e. The zero-order chi connectivity index (χ0) is 18.4. The van der Waals surface area contributed by atoms with Crippen molar-refractivity contribution in [3.05, 3.63) is 11.8 Å². The molecule has 0 aromatic carbocycles. The number of rotatable bonds is 6. The molecule has 5 aliphatic rings. The molecule has 0 spiro atoms. The van der Waals surface area contributed by atoms with E-state index in [2.05, 4.69) is 5.16 Å². The normalized spacial score (nSPS) is 36.9. The Kier molecular flexibility index (Phi) is 4.39. The Bertz CT molecular complexity index is 661. The Morgan fingerprint density at radius 1 is 1.26 bits per heavy atom. The van der Waals surface area contributed by atoms with E-state index in [4.69, 9.17) is 14.0 Å². The number of hydrogen-bond acceptors (Lipinski definition) is 7. The lowest BCUT2D eigenvalue weighted by atomic mass is 9.49. The van der Waals surface area contributed by atoms with Crippen LogP contribution in [-0.4, -0.2) is 35.8 Å². The monoisotopic (exact) mass is 376 g/mol. The molecule has 7 nitrogen and oxygen atoms in total. The van der Waals surface area contributed by atoms with Crippen LogP contribution < -0.4 is 5.06 Å². The van der Waals surface area contributed by atoms with E-state index in [1.54, 1.807) is 0 Å². The van der Waals surface area contributed by atoms with Gasteiger partial charge in [0, 0.05) is 12.7 Å². The van der Waals surface area contributed by atoms with Crippen molar-refractivity contribution >= 4 is 11.9 Å². The van der Waals surface area contributed by atoms with Gasteiger partial charge in [0.15, 0.2) is 11.9 Å². The first-order valence-electron chi connectivity index (χ1n) is 10.3. The number of carbonyl (C=O) groups is 1. The van der Waals surface area contributed by atoms with Crippen molar-refractivity contribution in [2.75, 3.05) is 18.3 Å². The average Bonchev–Trinajstić information content (AvgIpc) is 3.32. The molecule has 148 valence electrons. The summed E-state index contributed by atoms with van der Waals surface area (Å²) in [5.74, 6) is 2.32. The van der Waals surface area contributed by atoms with Crippen LogP contribution in [0.4, 0.5) is 5.88 Å². The van der Waals surface area contributed by atoms with Gasteiger partial charge >= 0.3 is 5.97 Å². The Balaban J connectivity index is 1.15. The van der Waals surface area contributed by atoms with E-state index < -0.39 is 12.2 Å². The minimum absolute atomic E-state index is 0.0903. The van der Waals surface area contributed by atoms with Crippen LogP contribution in [0, 0.1) is 23.2 Å². The van der Waals surface area contributed by atoms with Crippen LogP contribution in [0.2, 0.25) is 0 Å². The summed E-state index contributed by atoms with van der Waals surface area (Å²) < 4.78 is 16.0. The van der Waals surface area contributed by atoms with Gasteiger partial charge in [-0.1, -0.05) is 5.16 Å². The predicted molar refractivity (Wildman–Crippen MR) is 95.2 cm³/mol. The molecule has 4 aliphatic carbocycles.